The average molecular weight is 500 g/mol. The van der Waals surface area contributed by atoms with Gasteiger partial charge in [0.25, 0.3) is 10.0 Å². The molecule has 3 aromatic heterocycles. The lowest BCUT2D eigenvalue weighted by molar-refractivity contribution is 0.104. The fourth-order valence-corrected chi connectivity index (χ4v) is 6.85. The minimum atomic E-state index is -3.84. The van der Waals surface area contributed by atoms with Crippen molar-refractivity contribution in [2.75, 3.05) is 10.5 Å². The van der Waals surface area contributed by atoms with E-state index in [1.807, 2.05) is 0 Å². The number of fused-ring (bicyclic) bond motifs is 2. The molecule has 0 saturated heterocycles. The van der Waals surface area contributed by atoms with Crippen molar-refractivity contribution in [3.63, 3.8) is 0 Å². The number of anilines is 2. The number of aromatic nitrogens is 3. The molecular formula is C22H21N5O3S3. The summed E-state index contributed by atoms with van der Waals surface area (Å²) >= 11 is 2.43. The van der Waals surface area contributed by atoms with Crippen LogP contribution in [0.2, 0.25) is 0 Å². The Balaban J connectivity index is 1.43. The minimum absolute atomic E-state index is 0.0275. The number of thiophene rings is 1. The van der Waals surface area contributed by atoms with Crippen LogP contribution < -0.4 is 10.5 Å². The van der Waals surface area contributed by atoms with Crippen molar-refractivity contribution in [2.45, 2.75) is 38.0 Å². The van der Waals surface area contributed by atoms with Gasteiger partial charge in [0.15, 0.2) is 0 Å². The molecule has 0 amide bonds. The third-order valence-corrected chi connectivity index (χ3v) is 9.06. The van der Waals surface area contributed by atoms with E-state index in [-0.39, 0.29) is 15.8 Å². The third kappa shape index (κ3) is 4.11. The standard InChI is InChI=1S/C22H21N5O3S3/c1-11-3-8-17-14(9-11)10-16-18(23)20(32-21(16)24-17)19(28)13-4-6-15(7-5-13)33(29,30)27-22-26-25-12(2)31-22/h4-7,10-11H,3,8-9,23H2,1-2H3,(H,26,27). The quantitative estimate of drug-likeness (QED) is 0.394. The average Bonchev–Trinajstić information content (AvgIpc) is 3.33. The van der Waals surface area contributed by atoms with E-state index in [4.69, 9.17) is 10.7 Å². The van der Waals surface area contributed by atoms with Crippen molar-refractivity contribution < 1.29 is 13.2 Å². The van der Waals surface area contributed by atoms with Gasteiger partial charge in [-0.3, -0.25) is 9.52 Å². The fourth-order valence-electron chi connectivity index (χ4n) is 3.97. The van der Waals surface area contributed by atoms with Gasteiger partial charge in [0, 0.05) is 16.6 Å². The van der Waals surface area contributed by atoms with Crippen LogP contribution in [0.1, 0.15) is 44.8 Å². The SMILES string of the molecule is Cc1nnc(NS(=O)(=O)c2ccc(C(=O)c3sc4nc5c(cc4c3N)CC(C)CC5)cc2)s1. The molecule has 0 radical (unpaired) electrons. The highest BCUT2D eigenvalue weighted by molar-refractivity contribution is 7.93. The molecule has 5 rings (SSSR count). The Labute approximate surface area is 198 Å². The zero-order chi connectivity index (χ0) is 23.3. The molecule has 0 aliphatic heterocycles. The number of ketones is 1. The largest absolute Gasteiger partial charge is 0.397 e. The molecule has 1 aliphatic carbocycles. The number of carbonyl (C=O) groups is 1. The highest BCUT2D eigenvalue weighted by Gasteiger charge is 2.24. The summed E-state index contributed by atoms with van der Waals surface area (Å²) in [5.41, 5.74) is 9.45. The van der Waals surface area contributed by atoms with Crippen molar-refractivity contribution in [3.8, 4) is 0 Å². The van der Waals surface area contributed by atoms with E-state index in [0.29, 0.717) is 27.1 Å². The number of hydrogen-bond donors (Lipinski definition) is 2. The fraction of sp³-hybridized carbons (Fsp3) is 0.273. The van der Waals surface area contributed by atoms with Crippen LogP contribution in [0.3, 0.4) is 0 Å². The van der Waals surface area contributed by atoms with Gasteiger partial charge < -0.3 is 5.73 Å². The first-order valence-corrected chi connectivity index (χ1v) is 13.5. The van der Waals surface area contributed by atoms with Crippen LogP contribution in [-0.4, -0.2) is 29.4 Å². The van der Waals surface area contributed by atoms with Crippen molar-refractivity contribution in [2.24, 2.45) is 5.92 Å². The first-order valence-electron chi connectivity index (χ1n) is 10.4. The van der Waals surface area contributed by atoms with Crippen LogP contribution in [0.4, 0.5) is 10.8 Å². The first kappa shape index (κ1) is 21.9. The van der Waals surface area contributed by atoms with E-state index in [2.05, 4.69) is 27.9 Å². The molecule has 3 N–H and O–H groups in total. The summed E-state index contributed by atoms with van der Waals surface area (Å²) in [7, 11) is -3.84. The van der Waals surface area contributed by atoms with Crippen molar-refractivity contribution >= 4 is 59.5 Å². The molecule has 0 fully saturated rings. The van der Waals surface area contributed by atoms with Gasteiger partial charge in [0.2, 0.25) is 10.9 Å². The van der Waals surface area contributed by atoms with Crippen LogP contribution in [0.15, 0.2) is 35.2 Å². The van der Waals surface area contributed by atoms with E-state index in [0.717, 1.165) is 46.5 Å². The van der Waals surface area contributed by atoms with E-state index in [1.54, 1.807) is 6.92 Å². The van der Waals surface area contributed by atoms with Gasteiger partial charge in [-0.2, -0.15) is 0 Å². The maximum Gasteiger partial charge on any atom is 0.263 e. The molecule has 1 aromatic carbocycles. The number of sulfonamides is 1. The molecule has 33 heavy (non-hydrogen) atoms. The lowest BCUT2D eigenvalue weighted by atomic mass is 9.87. The van der Waals surface area contributed by atoms with Crippen LogP contribution in [0.25, 0.3) is 10.2 Å². The maximum absolute atomic E-state index is 13.2. The summed E-state index contributed by atoms with van der Waals surface area (Å²) in [6.45, 7) is 3.97. The number of pyridine rings is 1. The van der Waals surface area contributed by atoms with Crippen LogP contribution in [0.5, 0.6) is 0 Å². The molecule has 3 heterocycles. The Bertz CT molecular complexity index is 1490. The number of nitrogens with one attached hydrogen (secondary N) is 1. The molecule has 8 nitrogen and oxygen atoms in total. The van der Waals surface area contributed by atoms with E-state index >= 15 is 0 Å². The number of rotatable bonds is 5. The molecule has 1 atom stereocenters. The molecule has 1 aliphatic rings. The Morgan fingerprint density at radius 1 is 1.18 bits per heavy atom. The Morgan fingerprint density at radius 2 is 1.94 bits per heavy atom. The van der Waals surface area contributed by atoms with Crippen LogP contribution in [0, 0.1) is 12.8 Å². The Morgan fingerprint density at radius 3 is 2.64 bits per heavy atom. The molecule has 0 saturated carbocycles. The number of benzene rings is 1. The Hall–Kier alpha value is -2.89. The van der Waals surface area contributed by atoms with Gasteiger partial charge in [0.05, 0.1) is 10.6 Å². The number of nitrogens with zero attached hydrogens (tertiary/aromatic N) is 3. The van der Waals surface area contributed by atoms with Crippen LogP contribution in [-0.2, 0) is 22.9 Å². The number of aryl methyl sites for hydroxylation is 2. The maximum atomic E-state index is 13.2. The third-order valence-electron chi connectivity index (χ3n) is 5.71. The molecule has 0 bridgehead atoms. The summed E-state index contributed by atoms with van der Waals surface area (Å²) in [5.74, 6) is 0.358. The van der Waals surface area contributed by atoms with E-state index < -0.39 is 10.0 Å². The second kappa shape index (κ2) is 8.15. The molecule has 1 unspecified atom stereocenters. The lowest BCUT2D eigenvalue weighted by Crippen LogP contribution is -2.13. The van der Waals surface area contributed by atoms with Crippen molar-refractivity contribution in [3.05, 3.63) is 57.0 Å². The van der Waals surface area contributed by atoms with Crippen molar-refractivity contribution in [1.29, 1.82) is 0 Å². The second-order valence-electron chi connectivity index (χ2n) is 8.22. The first-order chi connectivity index (χ1) is 15.7. The predicted molar refractivity (Wildman–Crippen MR) is 131 cm³/mol. The van der Waals surface area contributed by atoms with Gasteiger partial charge in [-0.25, -0.2) is 13.4 Å². The molecule has 4 aromatic rings. The minimum Gasteiger partial charge on any atom is -0.397 e. The second-order valence-corrected chi connectivity index (χ2v) is 12.1. The highest BCUT2D eigenvalue weighted by atomic mass is 32.2. The molecule has 170 valence electrons. The van der Waals surface area contributed by atoms with Gasteiger partial charge in [-0.05, 0) is 68.0 Å². The normalized spacial score (nSPS) is 16.0. The van der Waals surface area contributed by atoms with E-state index in [9.17, 15) is 13.2 Å². The zero-order valence-electron chi connectivity index (χ0n) is 18.0. The summed E-state index contributed by atoms with van der Waals surface area (Å²) in [5, 5.41) is 9.24. The smallest absolute Gasteiger partial charge is 0.263 e. The van der Waals surface area contributed by atoms with Crippen molar-refractivity contribution in [1.82, 2.24) is 15.2 Å². The number of nitrogen functional groups attached to an aromatic ring is 1. The summed E-state index contributed by atoms with van der Waals surface area (Å²) in [6.07, 6.45) is 3.02. The van der Waals surface area contributed by atoms with E-state index in [1.165, 1.54) is 41.2 Å². The summed E-state index contributed by atoms with van der Waals surface area (Å²) in [4.78, 5) is 19.2. The molecular weight excluding hydrogens is 478 g/mol. The zero-order valence-corrected chi connectivity index (χ0v) is 20.4. The topological polar surface area (TPSA) is 128 Å². The van der Waals surface area contributed by atoms with Gasteiger partial charge in [0.1, 0.15) is 14.7 Å². The lowest BCUT2D eigenvalue weighted by Gasteiger charge is -2.20. The highest BCUT2D eigenvalue weighted by Crippen LogP contribution is 2.37. The summed E-state index contributed by atoms with van der Waals surface area (Å²) in [6, 6.07) is 7.85. The number of carbonyl (C=O) groups excluding carboxylic acids is 1. The van der Waals surface area contributed by atoms with Gasteiger partial charge in [-0.15, -0.1) is 21.5 Å². The summed E-state index contributed by atoms with van der Waals surface area (Å²) < 4.78 is 27.6. The Kier molecular flexibility index (Phi) is 5.42. The van der Waals surface area contributed by atoms with Gasteiger partial charge in [-0.1, -0.05) is 18.3 Å². The van der Waals surface area contributed by atoms with Gasteiger partial charge >= 0.3 is 0 Å². The molecule has 11 heteroatoms. The van der Waals surface area contributed by atoms with Crippen LogP contribution >= 0.6 is 22.7 Å². The monoisotopic (exact) mass is 499 g/mol. The number of hydrogen-bond acceptors (Lipinski definition) is 9. The predicted octanol–water partition coefficient (Wildman–Crippen LogP) is 4.20. The molecule has 0 spiro atoms. The number of nitrogens with two attached hydrogens (primary N) is 1.